The predicted octanol–water partition coefficient (Wildman–Crippen LogP) is 3.67. The van der Waals surface area contributed by atoms with Crippen molar-refractivity contribution in [1.82, 2.24) is 0 Å². The molecule has 2 nitrogen and oxygen atoms in total. The van der Waals surface area contributed by atoms with Gasteiger partial charge in [0.1, 0.15) is 0 Å². The van der Waals surface area contributed by atoms with Crippen LogP contribution < -0.4 is 5.32 Å². The monoisotopic (exact) mass is 239 g/mol. The minimum atomic E-state index is -0.359. The first-order valence-corrected chi connectivity index (χ1v) is 6.43. The van der Waals surface area contributed by atoms with Crippen molar-refractivity contribution >= 4 is 5.69 Å². The second-order valence-corrected chi connectivity index (χ2v) is 4.79. The molecule has 2 atom stereocenters. The summed E-state index contributed by atoms with van der Waals surface area (Å²) in [5.41, 5.74) is 3.34. The molecule has 0 saturated heterocycles. The SMILES string of the molecule is OC1CCC(c2ccccc2)Nc2ccccc21. The van der Waals surface area contributed by atoms with E-state index >= 15 is 0 Å². The molecule has 0 aliphatic carbocycles. The average Bonchev–Trinajstić information content (AvgIpc) is 2.60. The van der Waals surface area contributed by atoms with Crippen molar-refractivity contribution in [3.05, 3.63) is 65.7 Å². The van der Waals surface area contributed by atoms with Gasteiger partial charge in [0.2, 0.25) is 0 Å². The number of fused-ring (bicyclic) bond motifs is 1. The maximum absolute atomic E-state index is 10.2. The zero-order valence-electron chi connectivity index (χ0n) is 10.2. The van der Waals surface area contributed by atoms with Crippen LogP contribution in [-0.4, -0.2) is 5.11 Å². The van der Waals surface area contributed by atoms with Crippen LogP contribution in [0.3, 0.4) is 0 Å². The summed E-state index contributed by atoms with van der Waals surface area (Å²) in [6.45, 7) is 0. The lowest BCUT2D eigenvalue weighted by Gasteiger charge is -2.18. The van der Waals surface area contributed by atoms with E-state index in [0.29, 0.717) is 0 Å². The molecule has 2 heteroatoms. The second kappa shape index (κ2) is 4.83. The van der Waals surface area contributed by atoms with Crippen LogP contribution in [0.4, 0.5) is 5.69 Å². The molecular formula is C16H17NO. The molecule has 1 aliphatic rings. The maximum Gasteiger partial charge on any atom is 0.0810 e. The van der Waals surface area contributed by atoms with Gasteiger partial charge in [-0.15, -0.1) is 0 Å². The first kappa shape index (κ1) is 11.3. The third kappa shape index (κ3) is 2.12. The molecule has 0 spiro atoms. The zero-order chi connectivity index (χ0) is 12.4. The zero-order valence-corrected chi connectivity index (χ0v) is 10.2. The highest BCUT2D eigenvalue weighted by atomic mass is 16.3. The highest BCUT2D eigenvalue weighted by Gasteiger charge is 2.21. The van der Waals surface area contributed by atoms with Gasteiger partial charge in [-0.3, -0.25) is 0 Å². The summed E-state index contributed by atoms with van der Waals surface area (Å²) in [4.78, 5) is 0. The van der Waals surface area contributed by atoms with Gasteiger partial charge in [-0.25, -0.2) is 0 Å². The summed E-state index contributed by atoms with van der Waals surface area (Å²) in [7, 11) is 0. The molecule has 1 heterocycles. The molecule has 2 N–H and O–H groups in total. The third-order valence-corrected chi connectivity index (χ3v) is 3.58. The Morgan fingerprint density at radius 3 is 2.44 bits per heavy atom. The summed E-state index contributed by atoms with van der Waals surface area (Å²) in [5.74, 6) is 0. The molecule has 2 aromatic carbocycles. The first-order chi connectivity index (χ1) is 8.84. The Hall–Kier alpha value is -1.80. The van der Waals surface area contributed by atoms with Gasteiger partial charge < -0.3 is 10.4 Å². The summed E-state index contributed by atoms with van der Waals surface area (Å²) >= 11 is 0. The smallest absolute Gasteiger partial charge is 0.0810 e. The molecular weight excluding hydrogens is 222 g/mol. The maximum atomic E-state index is 10.2. The summed E-state index contributed by atoms with van der Waals surface area (Å²) in [5, 5.41) is 13.7. The van der Waals surface area contributed by atoms with Crippen LogP contribution >= 0.6 is 0 Å². The average molecular weight is 239 g/mol. The molecule has 2 aromatic rings. The van der Waals surface area contributed by atoms with Gasteiger partial charge in [0, 0.05) is 11.3 Å². The van der Waals surface area contributed by atoms with Crippen LogP contribution in [0.5, 0.6) is 0 Å². The lowest BCUT2D eigenvalue weighted by Crippen LogP contribution is -2.09. The van der Waals surface area contributed by atoms with E-state index < -0.39 is 0 Å². The van der Waals surface area contributed by atoms with Crippen molar-refractivity contribution in [2.24, 2.45) is 0 Å². The van der Waals surface area contributed by atoms with Gasteiger partial charge in [-0.2, -0.15) is 0 Å². The molecule has 0 radical (unpaired) electrons. The van der Waals surface area contributed by atoms with Crippen molar-refractivity contribution < 1.29 is 5.11 Å². The fourth-order valence-electron chi connectivity index (χ4n) is 2.59. The number of rotatable bonds is 1. The number of hydrogen-bond acceptors (Lipinski definition) is 2. The quantitative estimate of drug-likeness (QED) is 0.796. The van der Waals surface area contributed by atoms with Crippen LogP contribution in [0.1, 0.15) is 36.1 Å². The van der Waals surface area contributed by atoms with E-state index in [1.54, 1.807) is 0 Å². The summed E-state index contributed by atoms with van der Waals surface area (Å²) < 4.78 is 0. The van der Waals surface area contributed by atoms with Gasteiger partial charge >= 0.3 is 0 Å². The van der Waals surface area contributed by atoms with Crippen molar-refractivity contribution in [2.45, 2.75) is 25.0 Å². The molecule has 18 heavy (non-hydrogen) atoms. The Labute approximate surface area is 107 Å². The number of benzene rings is 2. The van der Waals surface area contributed by atoms with E-state index in [0.717, 1.165) is 24.1 Å². The number of anilines is 1. The fourth-order valence-corrected chi connectivity index (χ4v) is 2.59. The highest BCUT2D eigenvalue weighted by Crippen LogP contribution is 2.36. The normalized spacial score (nSPS) is 22.7. The van der Waals surface area contributed by atoms with Gasteiger partial charge in [-0.05, 0) is 24.5 Å². The van der Waals surface area contributed by atoms with Crippen LogP contribution in [-0.2, 0) is 0 Å². The van der Waals surface area contributed by atoms with Gasteiger partial charge in [0.15, 0.2) is 0 Å². The highest BCUT2D eigenvalue weighted by molar-refractivity contribution is 5.54. The predicted molar refractivity (Wildman–Crippen MR) is 73.4 cm³/mol. The van der Waals surface area contributed by atoms with Crippen molar-refractivity contribution in [3.63, 3.8) is 0 Å². The standard InChI is InChI=1S/C16H17NO/c18-16-11-10-14(12-6-2-1-3-7-12)17-15-9-5-4-8-13(15)16/h1-9,14,16-18H,10-11H2. The van der Waals surface area contributed by atoms with Crippen molar-refractivity contribution in [2.75, 3.05) is 5.32 Å². The van der Waals surface area contributed by atoms with E-state index in [4.69, 9.17) is 0 Å². The lowest BCUT2D eigenvalue weighted by molar-refractivity contribution is 0.166. The fraction of sp³-hybridized carbons (Fsp3) is 0.250. The van der Waals surface area contributed by atoms with Crippen LogP contribution in [0.25, 0.3) is 0 Å². The van der Waals surface area contributed by atoms with Crippen molar-refractivity contribution in [1.29, 1.82) is 0 Å². The van der Waals surface area contributed by atoms with E-state index in [-0.39, 0.29) is 12.1 Å². The van der Waals surface area contributed by atoms with Crippen molar-refractivity contribution in [3.8, 4) is 0 Å². The van der Waals surface area contributed by atoms with E-state index in [1.165, 1.54) is 5.56 Å². The van der Waals surface area contributed by atoms with E-state index in [1.807, 2.05) is 30.3 Å². The molecule has 0 bridgehead atoms. The van der Waals surface area contributed by atoms with Crippen LogP contribution in [0.15, 0.2) is 54.6 Å². The minimum absolute atomic E-state index is 0.282. The molecule has 0 aromatic heterocycles. The number of aliphatic hydroxyl groups excluding tert-OH is 1. The Balaban J connectivity index is 1.94. The number of para-hydroxylation sites is 1. The lowest BCUT2D eigenvalue weighted by atomic mass is 10.0. The topological polar surface area (TPSA) is 32.3 Å². The summed E-state index contributed by atoms with van der Waals surface area (Å²) in [6, 6.07) is 18.7. The van der Waals surface area contributed by atoms with Crippen LogP contribution in [0.2, 0.25) is 0 Å². The number of nitrogens with one attached hydrogen (secondary N) is 1. The van der Waals surface area contributed by atoms with Gasteiger partial charge in [0.25, 0.3) is 0 Å². The molecule has 2 unspecified atom stereocenters. The molecule has 0 saturated carbocycles. The minimum Gasteiger partial charge on any atom is -0.388 e. The van der Waals surface area contributed by atoms with E-state index in [2.05, 4.69) is 29.6 Å². The van der Waals surface area contributed by atoms with Gasteiger partial charge in [-0.1, -0.05) is 48.5 Å². The molecule has 3 rings (SSSR count). The molecule has 0 fully saturated rings. The van der Waals surface area contributed by atoms with E-state index in [9.17, 15) is 5.11 Å². The third-order valence-electron chi connectivity index (χ3n) is 3.58. The molecule has 0 amide bonds. The number of aliphatic hydroxyl groups is 1. The Bertz CT molecular complexity index is 524. The Kier molecular flexibility index (Phi) is 3.03. The molecule has 1 aliphatic heterocycles. The Morgan fingerprint density at radius 1 is 0.889 bits per heavy atom. The molecule has 92 valence electrons. The second-order valence-electron chi connectivity index (χ2n) is 4.79. The van der Waals surface area contributed by atoms with Gasteiger partial charge in [0.05, 0.1) is 12.1 Å². The Morgan fingerprint density at radius 2 is 1.61 bits per heavy atom. The largest absolute Gasteiger partial charge is 0.388 e. The number of hydrogen-bond donors (Lipinski definition) is 2. The first-order valence-electron chi connectivity index (χ1n) is 6.43. The summed E-state index contributed by atoms with van der Waals surface area (Å²) in [6.07, 6.45) is 1.38. The van der Waals surface area contributed by atoms with Crippen LogP contribution in [0, 0.1) is 0 Å².